The van der Waals surface area contributed by atoms with Crippen LogP contribution in [-0.2, 0) is 20.9 Å². The van der Waals surface area contributed by atoms with E-state index < -0.39 is 37.8 Å². The Bertz CT molecular complexity index is 655. The second-order valence-electron chi connectivity index (χ2n) is 4.73. The van der Waals surface area contributed by atoms with Crippen LogP contribution in [0.5, 0.6) is 0 Å². The van der Waals surface area contributed by atoms with Crippen LogP contribution in [0.15, 0.2) is 23.1 Å². The Hall–Kier alpha value is -0.580. The van der Waals surface area contributed by atoms with E-state index in [1.54, 1.807) is 0 Å². The van der Waals surface area contributed by atoms with Gasteiger partial charge in [0.25, 0.3) is 0 Å². The van der Waals surface area contributed by atoms with Gasteiger partial charge in [-0.15, -0.1) is 12.4 Å². The molecule has 1 aliphatic rings. The lowest BCUT2D eigenvalue weighted by molar-refractivity contribution is -0.137. The predicted octanol–water partition coefficient (Wildman–Crippen LogP) is 2.13. The van der Waals surface area contributed by atoms with Gasteiger partial charge in [-0.05, 0) is 18.2 Å². The third kappa shape index (κ3) is 4.49. The van der Waals surface area contributed by atoms with Crippen molar-refractivity contribution in [2.45, 2.75) is 17.2 Å². The van der Waals surface area contributed by atoms with Crippen molar-refractivity contribution in [3.8, 4) is 0 Å². The molecule has 2 rings (SSSR count). The molecule has 0 amide bonds. The van der Waals surface area contributed by atoms with Crippen molar-refractivity contribution in [3.05, 3.63) is 28.8 Å². The molecule has 132 valence electrons. The van der Waals surface area contributed by atoms with E-state index in [0.29, 0.717) is 6.07 Å². The maximum atomic E-state index is 12.8. The van der Waals surface area contributed by atoms with E-state index in [1.165, 1.54) is 0 Å². The van der Waals surface area contributed by atoms with Gasteiger partial charge in [-0.25, -0.2) is 8.42 Å². The van der Waals surface area contributed by atoms with Crippen LogP contribution in [0.4, 0.5) is 13.2 Å². The fourth-order valence-electron chi connectivity index (χ4n) is 2.08. The van der Waals surface area contributed by atoms with E-state index >= 15 is 0 Å². The highest BCUT2D eigenvalue weighted by atomic mass is 35.5. The molecule has 0 aromatic heterocycles. The van der Waals surface area contributed by atoms with Crippen molar-refractivity contribution in [2.75, 3.05) is 26.2 Å². The van der Waals surface area contributed by atoms with Crippen LogP contribution < -0.4 is 5.73 Å². The Labute approximate surface area is 143 Å². The van der Waals surface area contributed by atoms with Crippen LogP contribution >= 0.6 is 24.0 Å². The van der Waals surface area contributed by atoms with Gasteiger partial charge in [-0.2, -0.15) is 17.5 Å². The van der Waals surface area contributed by atoms with Crippen LogP contribution in [0, 0.1) is 0 Å². The molecule has 2 N–H and O–H groups in total. The maximum absolute atomic E-state index is 12.8. The van der Waals surface area contributed by atoms with E-state index in [4.69, 9.17) is 22.1 Å². The maximum Gasteiger partial charge on any atom is 0.417 e. The number of hydrogen-bond donors (Lipinski definition) is 1. The highest BCUT2D eigenvalue weighted by molar-refractivity contribution is 7.89. The number of alkyl halides is 3. The summed E-state index contributed by atoms with van der Waals surface area (Å²) in [6.45, 7) is 0.326. The summed E-state index contributed by atoms with van der Waals surface area (Å²) < 4.78 is 69.8. The van der Waals surface area contributed by atoms with Crippen molar-refractivity contribution in [2.24, 2.45) is 5.73 Å². The van der Waals surface area contributed by atoms with Crippen molar-refractivity contribution in [1.29, 1.82) is 0 Å². The van der Waals surface area contributed by atoms with Gasteiger partial charge in [0.1, 0.15) is 0 Å². The van der Waals surface area contributed by atoms with Crippen LogP contribution in [0.25, 0.3) is 0 Å². The average Bonchev–Trinajstić information content (AvgIpc) is 2.46. The number of hydrogen-bond acceptors (Lipinski definition) is 4. The number of halogens is 5. The van der Waals surface area contributed by atoms with E-state index in [-0.39, 0.29) is 38.6 Å². The largest absolute Gasteiger partial charge is 0.417 e. The standard InChI is InChI=1S/C12H14ClF3N2O3S.ClH/c13-11-2-1-9(5-10(11)12(14,15)16)22(19,20)18-3-4-21-8(6-17)7-18;/h1-2,5,8H,3-4,6-7,17H2;1H. The van der Waals surface area contributed by atoms with Crippen molar-refractivity contribution in [3.63, 3.8) is 0 Å². The SMILES string of the molecule is Cl.NCC1CN(S(=O)(=O)c2ccc(Cl)c(C(F)(F)F)c2)CCO1. The van der Waals surface area contributed by atoms with E-state index in [0.717, 1.165) is 16.4 Å². The zero-order chi connectivity index (χ0) is 16.5. The van der Waals surface area contributed by atoms with Gasteiger partial charge < -0.3 is 10.5 Å². The minimum Gasteiger partial charge on any atom is -0.374 e. The number of nitrogens with zero attached hydrogens (tertiary/aromatic N) is 1. The summed E-state index contributed by atoms with van der Waals surface area (Å²) in [5.74, 6) is 0. The number of benzene rings is 1. The number of morpholine rings is 1. The summed E-state index contributed by atoms with van der Waals surface area (Å²) in [7, 11) is -4.07. The number of rotatable bonds is 3. The van der Waals surface area contributed by atoms with Gasteiger partial charge >= 0.3 is 6.18 Å². The van der Waals surface area contributed by atoms with Crippen LogP contribution in [0.1, 0.15) is 5.56 Å². The summed E-state index contributed by atoms with van der Waals surface area (Å²) in [4.78, 5) is -0.457. The molecule has 0 bridgehead atoms. The van der Waals surface area contributed by atoms with Gasteiger partial charge in [0.15, 0.2) is 0 Å². The van der Waals surface area contributed by atoms with Crippen LogP contribution in [0.2, 0.25) is 5.02 Å². The normalized spacial score (nSPS) is 20.1. The molecular weight excluding hydrogens is 380 g/mol. The zero-order valence-electron chi connectivity index (χ0n) is 11.7. The molecule has 5 nitrogen and oxygen atoms in total. The Kier molecular flexibility index (Phi) is 6.71. The van der Waals surface area contributed by atoms with Crippen molar-refractivity contribution in [1.82, 2.24) is 4.31 Å². The molecule has 1 unspecified atom stereocenters. The smallest absolute Gasteiger partial charge is 0.374 e. The summed E-state index contributed by atoms with van der Waals surface area (Å²) >= 11 is 5.50. The Morgan fingerprint density at radius 3 is 2.61 bits per heavy atom. The van der Waals surface area contributed by atoms with Crippen LogP contribution in [0.3, 0.4) is 0 Å². The van der Waals surface area contributed by atoms with Crippen LogP contribution in [-0.4, -0.2) is 45.1 Å². The lowest BCUT2D eigenvalue weighted by atomic mass is 10.2. The molecule has 1 atom stereocenters. The fraction of sp³-hybridized carbons (Fsp3) is 0.500. The molecule has 0 spiro atoms. The summed E-state index contributed by atoms with van der Waals surface area (Å²) in [5.41, 5.74) is 4.25. The fourth-order valence-corrected chi connectivity index (χ4v) is 3.79. The van der Waals surface area contributed by atoms with E-state index in [1.807, 2.05) is 0 Å². The number of sulfonamides is 1. The number of ether oxygens (including phenoxy) is 1. The first-order valence-corrected chi connectivity index (χ1v) is 8.16. The third-order valence-corrected chi connectivity index (χ3v) is 5.44. The molecule has 1 saturated heterocycles. The number of nitrogens with two attached hydrogens (primary N) is 1. The van der Waals surface area contributed by atoms with Crippen molar-refractivity contribution >= 4 is 34.0 Å². The first-order valence-electron chi connectivity index (χ1n) is 6.35. The monoisotopic (exact) mass is 394 g/mol. The summed E-state index contributed by atoms with van der Waals surface area (Å²) in [6.07, 6.45) is -5.20. The highest BCUT2D eigenvalue weighted by Gasteiger charge is 2.36. The molecule has 0 radical (unpaired) electrons. The lowest BCUT2D eigenvalue weighted by Crippen LogP contribution is -2.48. The van der Waals surface area contributed by atoms with Gasteiger partial charge in [0, 0.05) is 19.6 Å². The Morgan fingerprint density at radius 2 is 2.04 bits per heavy atom. The summed E-state index contributed by atoms with van der Waals surface area (Å²) in [6, 6.07) is 2.53. The first-order chi connectivity index (χ1) is 10.2. The van der Waals surface area contributed by atoms with Gasteiger partial charge in [0.2, 0.25) is 10.0 Å². The molecule has 1 aromatic carbocycles. The molecule has 23 heavy (non-hydrogen) atoms. The molecule has 1 aromatic rings. The second-order valence-corrected chi connectivity index (χ2v) is 7.08. The summed E-state index contributed by atoms with van der Waals surface area (Å²) in [5, 5.41) is -0.548. The van der Waals surface area contributed by atoms with Gasteiger partial charge in [-0.3, -0.25) is 0 Å². The lowest BCUT2D eigenvalue weighted by Gasteiger charge is -2.31. The quantitative estimate of drug-likeness (QED) is 0.851. The first kappa shape index (κ1) is 20.5. The predicted molar refractivity (Wildman–Crippen MR) is 81.3 cm³/mol. The Morgan fingerprint density at radius 1 is 1.39 bits per heavy atom. The molecule has 1 fully saturated rings. The van der Waals surface area contributed by atoms with E-state index in [9.17, 15) is 21.6 Å². The minimum atomic E-state index is -4.73. The second kappa shape index (κ2) is 7.54. The molecular formula is C12H15Cl2F3N2O3S. The van der Waals surface area contributed by atoms with Crippen molar-refractivity contribution < 1.29 is 26.3 Å². The average molecular weight is 395 g/mol. The zero-order valence-corrected chi connectivity index (χ0v) is 14.1. The minimum absolute atomic E-state index is 0. The molecule has 0 aliphatic carbocycles. The molecule has 1 heterocycles. The molecule has 1 aliphatic heterocycles. The highest BCUT2D eigenvalue weighted by Crippen LogP contribution is 2.36. The third-order valence-electron chi connectivity index (χ3n) is 3.25. The van der Waals surface area contributed by atoms with Gasteiger partial charge in [-0.1, -0.05) is 11.6 Å². The molecule has 0 saturated carbocycles. The topological polar surface area (TPSA) is 72.6 Å². The molecule has 11 heteroatoms. The Balaban J connectivity index is 0.00000264. The van der Waals surface area contributed by atoms with Gasteiger partial charge in [0.05, 0.1) is 28.2 Å². The van der Waals surface area contributed by atoms with E-state index in [2.05, 4.69) is 0 Å².